The van der Waals surface area contributed by atoms with E-state index in [0.29, 0.717) is 46.1 Å². The molecule has 0 N–H and O–H groups in total. The van der Waals surface area contributed by atoms with Crippen molar-refractivity contribution in [2.75, 3.05) is 39.6 Å². The number of ether oxygens (including phenoxy) is 5. The summed E-state index contributed by atoms with van der Waals surface area (Å²) in [7, 11) is -8.96. The van der Waals surface area contributed by atoms with Crippen LogP contribution in [-0.2, 0) is 47.5 Å². The molecular weight excluding hydrogens is 883 g/mol. The van der Waals surface area contributed by atoms with Crippen LogP contribution in [0.1, 0.15) is 113 Å². The first-order valence-corrected chi connectivity index (χ1v) is 27.5. The number of amides is 1. The minimum Gasteiger partial charge on any atom is -0.534 e. The van der Waals surface area contributed by atoms with Gasteiger partial charge in [-0.25, -0.2) is 8.42 Å². The minimum atomic E-state index is -5.91. The van der Waals surface area contributed by atoms with E-state index in [1.807, 2.05) is 41.5 Å². The molecule has 1 amide bonds. The van der Waals surface area contributed by atoms with Gasteiger partial charge in [0.2, 0.25) is 0 Å². The number of sulfonamides is 1. The number of nitrogens with zero attached hydrogens (tertiary/aromatic N) is 1. The van der Waals surface area contributed by atoms with Crippen LogP contribution in [0.4, 0.5) is 13.2 Å². The molecular formula is C41H77F3KNO12SSi2. The van der Waals surface area contributed by atoms with E-state index in [1.54, 1.807) is 20.8 Å². The van der Waals surface area contributed by atoms with E-state index in [1.165, 1.54) is 0 Å². The van der Waals surface area contributed by atoms with Gasteiger partial charge in [0.1, 0.15) is 12.4 Å². The fraction of sp³-hybridized carbons (Fsp3) is 0.756. The summed E-state index contributed by atoms with van der Waals surface area (Å²) < 4.78 is 92.3. The number of carbonyl (C=O) groups excluding carboxylic acids is 4. The summed E-state index contributed by atoms with van der Waals surface area (Å²) in [5.74, 6) is -2.27. The number of rotatable bonds is 22. The Morgan fingerprint density at radius 2 is 1.21 bits per heavy atom. The van der Waals surface area contributed by atoms with Gasteiger partial charge in [-0.05, 0) is 123 Å². The van der Waals surface area contributed by atoms with Gasteiger partial charge in [-0.1, -0.05) is 42.5 Å². The Hall–Kier alpha value is -1.21. The Morgan fingerprint density at radius 3 is 1.66 bits per heavy atom. The molecule has 0 fully saturated rings. The first-order valence-electron chi connectivity index (χ1n) is 19.5. The van der Waals surface area contributed by atoms with Crippen molar-refractivity contribution in [3.63, 3.8) is 0 Å². The molecule has 1 atom stereocenters. The van der Waals surface area contributed by atoms with Gasteiger partial charge in [0, 0.05) is 12.2 Å². The van der Waals surface area contributed by atoms with E-state index >= 15 is 0 Å². The molecule has 354 valence electrons. The van der Waals surface area contributed by atoms with Crippen molar-refractivity contribution in [2.45, 2.75) is 147 Å². The van der Waals surface area contributed by atoms with Crippen LogP contribution in [-0.4, -0.2) is 94.0 Å². The van der Waals surface area contributed by atoms with Gasteiger partial charge in [-0.2, -0.15) is 13.2 Å². The first kappa shape index (κ1) is 68.8. The van der Waals surface area contributed by atoms with Gasteiger partial charge in [0.25, 0.3) is 0 Å². The molecule has 0 spiro atoms. The van der Waals surface area contributed by atoms with Crippen molar-refractivity contribution in [1.82, 2.24) is 0 Å². The summed E-state index contributed by atoms with van der Waals surface area (Å²) >= 11 is 0. The van der Waals surface area contributed by atoms with Crippen molar-refractivity contribution >= 4 is 50.5 Å². The Labute approximate surface area is 410 Å². The van der Waals surface area contributed by atoms with E-state index in [4.69, 9.17) is 27.8 Å². The van der Waals surface area contributed by atoms with Crippen LogP contribution < -0.4 is 56.1 Å². The number of alkyl halides is 3. The van der Waals surface area contributed by atoms with E-state index in [-0.39, 0.29) is 95.3 Å². The third-order valence-electron chi connectivity index (χ3n) is 8.48. The topological polar surface area (TPSA) is 172 Å². The maximum Gasteiger partial charge on any atom is 1.00 e. The second-order valence-corrected chi connectivity index (χ2v) is 26.9. The average molecular weight is 960 g/mol. The molecule has 0 aliphatic heterocycles. The average Bonchev–Trinajstić information content (AvgIpc) is 3.11. The Bertz CT molecular complexity index is 1510. The molecule has 0 radical (unpaired) electrons. The van der Waals surface area contributed by atoms with E-state index in [0.717, 1.165) is 49.6 Å². The third-order valence-corrected chi connectivity index (χ3v) is 15.7. The summed E-state index contributed by atoms with van der Waals surface area (Å²) in [4.78, 5) is 46.4. The summed E-state index contributed by atoms with van der Waals surface area (Å²) in [6, 6.07) is 5.40. The van der Waals surface area contributed by atoms with Crippen LogP contribution in [0.25, 0.3) is 4.72 Å². The zero-order chi connectivity index (χ0) is 45.6. The van der Waals surface area contributed by atoms with Gasteiger partial charge in [-0.3, -0.25) is 14.4 Å². The standard InChI is InChI=1S/C14H16F3NO5S.C14H32O3Si2.C11H22O4.2CH4.K/c1-4-13(2,3)12(20)23-10-7-5-9(6-8-10)11(19)18-24(21,22)14(15,16)17;1-9-14(2,3)13(15)16-11-10-12-19(7,8)17-18(4,5)6;1-4-10(3)11(12)15-9-8-14-7-6-13-5-2;;;/h5-8H,4H2,1-3H3,(H,18,19);9-12H2,1-8H3;10H,4-9H2,1-3H3;2*1H4;/q;;;;;+1/p-1. The maximum atomic E-state index is 12.2. The van der Waals surface area contributed by atoms with Crippen molar-refractivity contribution in [1.29, 1.82) is 0 Å². The van der Waals surface area contributed by atoms with Crippen LogP contribution >= 0.6 is 0 Å². The quantitative estimate of drug-likeness (QED) is 0.0481. The van der Waals surface area contributed by atoms with Crippen LogP contribution in [0.3, 0.4) is 0 Å². The van der Waals surface area contributed by atoms with Gasteiger partial charge in [0.15, 0.2) is 26.7 Å². The molecule has 1 unspecified atom stereocenters. The van der Waals surface area contributed by atoms with Crippen molar-refractivity contribution in [3.8, 4) is 5.75 Å². The summed E-state index contributed by atoms with van der Waals surface area (Å²) in [6.07, 6.45) is 3.06. The van der Waals surface area contributed by atoms with Crippen molar-refractivity contribution in [3.05, 3.63) is 34.6 Å². The molecule has 1 aromatic carbocycles. The number of benzene rings is 1. The molecule has 0 heterocycles. The van der Waals surface area contributed by atoms with Crippen molar-refractivity contribution < 1.29 is 120 Å². The minimum absolute atomic E-state index is 0. The molecule has 0 saturated carbocycles. The smallest absolute Gasteiger partial charge is 0.534 e. The summed E-state index contributed by atoms with van der Waals surface area (Å²) in [5, 5.41) is 0. The van der Waals surface area contributed by atoms with Crippen LogP contribution in [0.5, 0.6) is 5.75 Å². The largest absolute Gasteiger partial charge is 1.00 e. The van der Waals surface area contributed by atoms with Crippen LogP contribution in [0.15, 0.2) is 24.3 Å². The summed E-state index contributed by atoms with van der Waals surface area (Å²) in [6.45, 7) is 31.1. The molecule has 20 heteroatoms. The normalized spacial score (nSPS) is 12.2. The van der Waals surface area contributed by atoms with Crippen LogP contribution in [0.2, 0.25) is 38.8 Å². The zero-order valence-corrected chi connectivity index (χ0v) is 44.0. The first-order chi connectivity index (χ1) is 26.4. The number of hydrogen-bond donors (Lipinski definition) is 0. The molecule has 61 heavy (non-hydrogen) atoms. The van der Waals surface area contributed by atoms with E-state index < -0.39 is 55.0 Å². The Kier molecular flexibility index (Phi) is 36.6. The Balaban J connectivity index is -0.000000258. The van der Waals surface area contributed by atoms with Gasteiger partial charge in [-0.15, -0.1) is 0 Å². The second-order valence-electron chi connectivity index (χ2n) is 16.2. The number of hydrogen-bond acceptors (Lipinski definition) is 12. The molecule has 0 bridgehead atoms. The molecule has 1 aromatic rings. The molecule has 0 aromatic heterocycles. The zero-order valence-electron chi connectivity index (χ0n) is 38.1. The Morgan fingerprint density at radius 1 is 0.738 bits per heavy atom. The predicted octanol–water partition coefficient (Wildman–Crippen LogP) is 7.71. The number of halogens is 3. The van der Waals surface area contributed by atoms with Gasteiger partial charge < -0.3 is 37.3 Å². The van der Waals surface area contributed by atoms with E-state index in [9.17, 15) is 40.8 Å². The molecule has 1 rings (SSSR count). The fourth-order valence-electron chi connectivity index (χ4n) is 4.03. The van der Waals surface area contributed by atoms with Gasteiger partial charge >= 0.3 is 74.8 Å². The van der Waals surface area contributed by atoms with Crippen LogP contribution in [0, 0.1) is 16.7 Å². The van der Waals surface area contributed by atoms with E-state index in [2.05, 4.69) is 37.5 Å². The third kappa shape index (κ3) is 31.3. The fourth-order valence-corrected chi connectivity index (χ4v) is 12.5. The predicted molar refractivity (Wildman–Crippen MR) is 236 cm³/mol. The molecule has 0 saturated heterocycles. The SMILES string of the molecule is C.C.CCC(C)(C)C(=O)OCCC[Si](C)(C)O[Si](C)(C)C.CCC(C)(C)C(=O)Oc1ccc(C(=O)[N-]S(=O)(=O)C(F)(F)F)cc1.CCOCCOCCOC(=O)C(C)CC.[K+]. The van der Waals surface area contributed by atoms with Crippen molar-refractivity contribution in [2.24, 2.45) is 16.7 Å². The molecule has 0 aliphatic rings. The number of esters is 3. The maximum absolute atomic E-state index is 12.2. The second kappa shape index (κ2) is 32.4. The monoisotopic (exact) mass is 959 g/mol. The van der Waals surface area contributed by atoms with Gasteiger partial charge in [0.05, 0.1) is 49.1 Å². The molecule has 0 aliphatic carbocycles. The number of carbonyl (C=O) groups is 4. The summed E-state index contributed by atoms with van der Waals surface area (Å²) in [5.41, 5.74) is -7.13. The molecule has 13 nitrogen and oxygen atoms in total.